The van der Waals surface area contributed by atoms with Gasteiger partial charge in [-0.1, -0.05) is 6.92 Å². The lowest BCUT2D eigenvalue weighted by Crippen LogP contribution is -2.59. The number of aliphatic carboxylic acids is 1. The molecule has 0 amide bonds. The normalized spacial score (nSPS) is 16.3. The van der Waals surface area contributed by atoms with Gasteiger partial charge in [0.2, 0.25) is 0 Å². The highest BCUT2D eigenvalue weighted by Crippen LogP contribution is 2.10. The largest absolute Gasteiger partial charge is 0.544 e. The number of hydrogen-bond donors (Lipinski definition) is 2. The highest BCUT2D eigenvalue weighted by Gasteiger charge is 2.29. The van der Waals surface area contributed by atoms with Crippen molar-refractivity contribution in [3.63, 3.8) is 0 Å². The van der Waals surface area contributed by atoms with Gasteiger partial charge in [0, 0.05) is 0 Å². The summed E-state index contributed by atoms with van der Waals surface area (Å²) in [7, 11) is 0. The third-order valence-corrected chi connectivity index (χ3v) is 2.96. The molecule has 2 N–H and O–H groups in total. The van der Waals surface area contributed by atoms with Gasteiger partial charge >= 0.3 is 0 Å². The zero-order valence-electron chi connectivity index (χ0n) is 12.2. The van der Waals surface area contributed by atoms with Crippen LogP contribution in [0, 0.1) is 0 Å². The minimum Gasteiger partial charge on any atom is -0.544 e. The van der Waals surface area contributed by atoms with Gasteiger partial charge in [-0.15, -0.1) is 0 Å². The Morgan fingerprint density at radius 3 is 2.42 bits per heavy atom. The summed E-state index contributed by atoms with van der Waals surface area (Å²) in [5.74, 6) is -1.17. The molecular weight excluding hydrogens is 250 g/mol. The predicted octanol–water partition coefficient (Wildman–Crippen LogP) is -1.26. The second-order valence-electron chi connectivity index (χ2n) is 5.26. The number of aliphatic hydroxyl groups excluding tert-OH is 2. The molecule has 0 aromatic carbocycles. The minimum absolute atomic E-state index is 0.0155. The number of quaternary nitrogens is 1. The Bertz CT molecular complexity index is 251. The summed E-state index contributed by atoms with van der Waals surface area (Å²) in [6.45, 7) is 6.64. The van der Waals surface area contributed by atoms with Gasteiger partial charge in [-0.2, -0.15) is 0 Å². The minimum atomic E-state index is -1.17. The molecule has 6 nitrogen and oxygen atoms in total. The molecule has 0 spiro atoms. The molecule has 2 unspecified atom stereocenters. The smallest absolute Gasteiger partial charge is 0.126 e. The van der Waals surface area contributed by atoms with Gasteiger partial charge < -0.3 is 29.3 Å². The molecule has 114 valence electrons. The molecule has 0 fully saturated rings. The number of nitrogens with zero attached hydrogens (tertiary/aromatic N) is 1. The molecule has 0 saturated carbocycles. The molecule has 0 aromatic heterocycles. The molecule has 2 atom stereocenters. The summed E-state index contributed by atoms with van der Waals surface area (Å²) < 4.78 is 5.45. The number of rotatable bonds is 11. The summed E-state index contributed by atoms with van der Waals surface area (Å²) in [4.78, 5) is 10.9. The molecule has 0 heterocycles. The van der Waals surface area contributed by atoms with Gasteiger partial charge in [0.25, 0.3) is 0 Å². The summed E-state index contributed by atoms with van der Waals surface area (Å²) in [6.07, 6.45) is 0.0342. The maximum Gasteiger partial charge on any atom is 0.126 e. The monoisotopic (exact) mass is 277 g/mol. The molecule has 0 bridgehead atoms. The molecule has 0 aromatic rings. The Kier molecular flexibility index (Phi) is 8.92. The summed E-state index contributed by atoms with van der Waals surface area (Å²) in [5.41, 5.74) is 0. The van der Waals surface area contributed by atoms with E-state index < -0.39 is 12.1 Å². The molecule has 6 heteroatoms. The van der Waals surface area contributed by atoms with Crippen LogP contribution in [0.15, 0.2) is 0 Å². The molecule has 0 rings (SSSR count). The van der Waals surface area contributed by atoms with Crippen molar-refractivity contribution in [3.8, 4) is 0 Å². The van der Waals surface area contributed by atoms with E-state index in [0.717, 1.165) is 6.42 Å². The first kappa shape index (κ1) is 18.3. The number of carboxylic acid groups (broad SMARTS) is 1. The van der Waals surface area contributed by atoms with Crippen LogP contribution in [0.3, 0.4) is 0 Å². The fourth-order valence-electron chi connectivity index (χ4n) is 2.28. The van der Waals surface area contributed by atoms with Crippen LogP contribution in [0.25, 0.3) is 0 Å². The highest BCUT2D eigenvalue weighted by molar-refractivity contribution is 5.65. The van der Waals surface area contributed by atoms with Gasteiger partial charge in [0.1, 0.15) is 25.7 Å². The van der Waals surface area contributed by atoms with E-state index in [1.165, 1.54) is 0 Å². The Labute approximate surface area is 115 Å². The first-order valence-corrected chi connectivity index (χ1v) is 6.80. The van der Waals surface area contributed by atoms with Crippen LogP contribution in [0.4, 0.5) is 0 Å². The van der Waals surface area contributed by atoms with Crippen molar-refractivity contribution in [1.82, 2.24) is 0 Å². The molecule has 0 saturated heterocycles. The fourth-order valence-corrected chi connectivity index (χ4v) is 2.28. The maximum absolute atomic E-state index is 10.9. The van der Waals surface area contributed by atoms with Crippen LogP contribution >= 0.6 is 0 Å². The van der Waals surface area contributed by atoms with Crippen LogP contribution in [0.1, 0.15) is 27.2 Å². The first-order valence-electron chi connectivity index (χ1n) is 6.80. The van der Waals surface area contributed by atoms with E-state index in [9.17, 15) is 15.0 Å². The van der Waals surface area contributed by atoms with Gasteiger partial charge in [-0.05, 0) is 20.3 Å². The summed E-state index contributed by atoms with van der Waals surface area (Å²) >= 11 is 0. The van der Waals surface area contributed by atoms with Gasteiger partial charge in [0.15, 0.2) is 0 Å². The molecule has 0 radical (unpaired) electrons. The van der Waals surface area contributed by atoms with Crippen molar-refractivity contribution in [2.75, 3.05) is 39.4 Å². The quantitative estimate of drug-likeness (QED) is 0.460. The second kappa shape index (κ2) is 9.25. The van der Waals surface area contributed by atoms with E-state index in [0.29, 0.717) is 13.1 Å². The Morgan fingerprint density at radius 1 is 1.37 bits per heavy atom. The average molecular weight is 277 g/mol. The van der Waals surface area contributed by atoms with Crippen LogP contribution in [0.2, 0.25) is 0 Å². The third-order valence-electron chi connectivity index (χ3n) is 2.96. The maximum atomic E-state index is 10.9. The highest BCUT2D eigenvalue weighted by atomic mass is 16.5. The van der Waals surface area contributed by atoms with Crippen molar-refractivity contribution in [2.45, 2.75) is 39.4 Å². The number of ether oxygens (including phenoxy) is 1. The zero-order chi connectivity index (χ0) is 14.9. The average Bonchev–Trinajstić information content (AvgIpc) is 2.26. The van der Waals surface area contributed by atoms with Crippen molar-refractivity contribution in [1.29, 1.82) is 0 Å². The van der Waals surface area contributed by atoms with Crippen LogP contribution in [-0.4, -0.2) is 72.3 Å². The summed E-state index contributed by atoms with van der Waals surface area (Å²) in [5, 5.41) is 30.0. The second-order valence-corrected chi connectivity index (χ2v) is 5.26. The molecule has 0 aliphatic carbocycles. The van der Waals surface area contributed by atoms with Crippen molar-refractivity contribution >= 4 is 5.97 Å². The van der Waals surface area contributed by atoms with Gasteiger partial charge in [0.05, 0.1) is 31.8 Å². The topological polar surface area (TPSA) is 89.8 Å². The number of carbonyl (C=O) groups is 1. The van der Waals surface area contributed by atoms with Gasteiger partial charge in [-0.3, -0.25) is 0 Å². The van der Waals surface area contributed by atoms with Crippen molar-refractivity contribution < 1.29 is 29.3 Å². The first-order chi connectivity index (χ1) is 8.85. The summed E-state index contributed by atoms with van der Waals surface area (Å²) in [6, 6.07) is 0. The van der Waals surface area contributed by atoms with E-state index in [-0.39, 0.29) is 36.9 Å². The molecule has 0 aliphatic rings. The number of aliphatic hydroxyl groups is 2. The number of carboxylic acids is 1. The van der Waals surface area contributed by atoms with E-state index >= 15 is 0 Å². The molecule has 0 aliphatic heterocycles. The molecular formula is C13H27NO5. The third kappa shape index (κ3) is 8.15. The van der Waals surface area contributed by atoms with E-state index in [1.54, 1.807) is 0 Å². The molecule has 19 heavy (non-hydrogen) atoms. The van der Waals surface area contributed by atoms with Crippen molar-refractivity contribution in [3.05, 3.63) is 0 Å². The zero-order valence-corrected chi connectivity index (χ0v) is 12.2. The van der Waals surface area contributed by atoms with Crippen LogP contribution in [-0.2, 0) is 9.53 Å². The Balaban J connectivity index is 4.64. The Hall–Kier alpha value is -0.690. The van der Waals surface area contributed by atoms with E-state index in [2.05, 4.69) is 0 Å². The lowest BCUT2D eigenvalue weighted by molar-refractivity contribution is -0.926. The lowest BCUT2D eigenvalue weighted by Gasteiger charge is -2.39. The Morgan fingerprint density at radius 2 is 2.00 bits per heavy atom. The standard InChI is InChI=1S/C13H27NO5/c1-4-5-14(6-7-15,9-13(17)18)8-12(16)10-19-11(2)3/h11-12,15-16H,4-10H2,1-3H3. The van der Waals surface area contributed by atoms with Crippen LogP contribution < -0.4 is 5.11 Å². The number of carbonyl (C=O) groups excluding carboxylic acids is 1. The van der Waals surface area contributed by atoms with E-state index in [1.807, 2.05) is 20.8 Å². The van der Waals surface area contributed by atoms with Crippen molar-refractivity contribution in [2.24, 2.45) is 0 Å². The SMILES string of the molecule is CCC[N+](CCO)(CC(=O)[O-])CC(O)COC(C)C. The fraction of sp³-hybridized carbons (Fsp3) is 0.923. The predicted molar refractivity (Wildman–Crippen MR) is 69.2 cm³/mol. The number of hydrogen-bond acceptors (Lipinski definition) is 5. The van der Waals surface area contributed by atoms with Gasteiger partial charge in [-0.25, -0.2) is 0 Å². The lowest BCUT2D eigenvalue weighted by atomic mass is 10.2. The van der Waals surface area contributed by atoms with Crippen LogP contribution in [0.5, 0.6) is 0 Å². The van der Waals surface area contributed by atoms with E-state index in [4.69, 9.17) is 9.84 Å².